The van der Waals surface area contributed by atoms with Gasteiger partial charge in [-0.05, 0) is 49.2 Å². The number of methoxy groups -OCH3 is 1. The highest BCUT2D eigenvalue weighted by molar-refractivity contribution is 6.31. The number of benzene rings is 2. The van der Waals surface area contributed by atoms with Gasteiger partial charge >= 0.3 is 12.1 Å². The minimum Gasteiger partial charge on any atom is -0.473 e. The number of nitrogens with zero attached hydrogens (tertiary/aromatic N) is 3. The summed E-state index contributed by atoms with van der Waals surface area (Å²) in [6.07, 6.45) is -4.65. The van der Waals surface area contributed by atoms with Crippen LogP contribution in [0, 0.1) is 13.8 Å². The van der Waals surface area contributed by atoms with Crippen molar-refractivity contribution in [1.29, 1.82) is 0 Å². The van der Waals surface area contributed by atoms with Gasteiger partial charge in [-0.3, -0.25) is 0 Å². The molecule has 0 aliphatic carbocycles. The topological polar surface area (TPSA) is 66.2 Å². The van der Waals surface area contributed by atoms with Crippen LogP contribution in [0.4, 0.5) is 13.2 Å². The van der Waals surface area contributed by atoms with E-state index in [0.29, 0.717) is 27.4 Å². The van der Waals surface area contributed by atoms with Crippen LogP contribution in [0.1, 0.15) is 32.7 Å². The second-order valence-electron chi connectivity index (χ2n) is 7.56. The standard InChI is InChI=1S/C24H19ClF3N3O3/c1-13-18(25)5-4-6-19(13)31-22-21(14(2)30-31)17(24(26,27)28)11-20(29-22)34-12-15-7-9-16(10-8-15)23(32)33-3/h4-11H,12H2,1-3H3. The Balaban J connectivity index is 1.77. The first-order valence-corrected chi connectivity index (χ1v) is 10.5. The van der Waals surface area contributed by atoms with E-state index in [1.165, 1.54) is 18.7 Å². The molecule has 0 aliphatic rings. The van der Waals surface area contributed by atoms with Crippen LogP contribution in [0.5, 0.6) is 5.88 Å². The zero-order valence-corrected chi connectivity index (χ0v) is 19.2. The van der Waals surface area contributed by atoms with Gasteiger partial charge in [0.2, 0.25) is 5.88 Å². The molecule has 34 heavy (non-hydrogen) atoms. The molecular formula is C24H19ClF3N3O3. The first-order valence-electron chi connectivity index (χ1n) is 10.1. The molecule has 10 heteroatoms. The maximum atomic E-state index is 14.0. The first kappa shape index (κ1) is 23.6. The van der Waals surface area contributed by atoms with Crippen molar-refractivity contribution in [3.05, 3.63) is 81.5 Å². The number of alkyl halides is 3. The Morgan fingerprint density at radius 3 is 2.47 bits per heavy atom. The normalized spacial score (nSPS) is 11.6. The van der Waals surface area contributed by atoms with E-state index in [4.69, 9.17) is 16.3 Å². The summed E-state index contributed by atoms with van der Waals surface area (Å²) in [5, 5.41) is 4.67. The molecule has 6 nitrogen and oxygen atoms in total. The van der Waals surface area contributed by atoms with Gasteiger partial charge in [-0.15, -0.1) is 0 Å². The third-order valence-electron chi connectivity index (χ3n) is 5.32. The molecule has 0 saturated carbocycles. The number of aryl methyl sites for hydroxylation is 1. The predicted molar refractivity (Wildman–Crippen MR) is 120 cm³/mol. The molecule has 4 rings (SSSR count). The third kappa shape index (κ3) is 4.43. The molecule has 0 spiro atoms. The SMILES string of the molecule is COC(=O)c1ccc(COc2cc(C(F)(F)F)c3c(C)nn(-c4cccc(Cl)c4C)c3n2)cc1. The highest BCUT2D eigenvalue weighted by Crippen LogP contribution is 2.39. The molecule has 0 radical (unpaired) electrons. The number of fused-ring (bicyclic) bond motifs is 1. The van der Waals surface area contributed by atoms with Crippen molar-refractivity contribution in [2.75, 3.05) is 7.11 Å². The van der Waals surface area contributed by atoms with Crippen molar-refractivity contribution < 1.29 is 27.4 Å². The number of esters is 1. The van der Waals surface area contributed by atoms with E-state index >= 15 is 0 Å². The summed E-state index contributed by atoms with van der Waals surface area (Å²) in [5.74, 6) is -0.702. The van der Waals surface area contributed by atoms with Crippen LogP contribution < -0.4 is 4.74 Å². The van der Waals surface area contributed by atoms with Crippen molar-refractivity contribution in [3.63, 3.8) is 0 Å². The maximum absolute atomic E-state index is 14.0. The van der Waals surface area contributed by atoms with E-state index in [0.717, 1.165) is 6.07 Å². The van der Waals surface area contributed by atoms with Gasteiger partial charge in [-0.25, -0.2) is 9.48 Å². The molecular weight excluding hydrogens is 471 g/mol. The summed E-state index contributed by atoms with van der Waals surface area (Å²) in [6.45, 7) is 3.20. The lowest BCUT2D eigenvalue weighted by Gasteiger charge is -2.13. The predicted octanol–water partition coefficient (Wildman–Crippen LogP) is 6.08. The number of rotatable bonds is 5. The van der Waals surface area contributed by atoms with Crippen molar-refractivity contribution in [2.45, 2.75) is 26.6 Å². The third-order valence-corrected chi connectivity index (χ3v) is 5.73. The van der Waals surface area contributed by atoms with Crippen molar-refractivity contribution in [1.82, 2.24) is 14.8 Å². The lowest BCUT2D eigenvalue weighted by molar-refractivity contribution is -0.136. The van der Waals surface area contributed by atoms with E-state index < -0.39 is 17.7 Å². The van der Waals surface area contributed by atoms with Crippen LogP contribution in [-0.4, -0.2) is 27.8 Å². The fraction of sp³-hybridized carbons (Fsp3) is 0.208. The van der Waals surface area contributed by atoms with Gasteiger partial charge in [0.15, 0.2) is 5.65 Å². The fourth-order valence-corrected chi connectivity index (χ4v) is 3.74. The molecule has 2 aromatic heterocycles. The molecule has 0 unspecified atom stereocenters. The quantitative estimate of drug-likeness (QED) is 0.318. The Morgan fingerprint density at radius 1 is 1.12 bits per heavy atom. The summed E-state index contributed by atoms with van der Waals surface area (Å²) in [6, 6.07) is 12.3. The van der Waals surface area contributed by atoms with Crippen LogP contribution in [0.2, 0.25) is 5.02 Å². The lowest BCUT2D eigenvalue weighted by atomic mass is 10.1. The van der Waals surface area contributed by atoms with E-state index in [1.807, 2.05) is 0 Å². The number of carbonyl (C=O) groups excluding carboxylic acids is 1. The summed E-state index contributed by atoms with van der Waals surface area (Å²) < 4.78 is 53.5. The molecule has 0 N–H and O–H groups in total. The van der Waals surface area contributed by atoms with E-state index in [-0.39, 0.29) is 29.2 Å². The summed E-state index contributed by atoms with van der Waals surface area (Å²) in [5.41, 5.74) is 1.45. The van der Waals surface area contributed by atoms with E-state index in [2.05, 4.69) is 14.8 Å². The van der Waals surface area contributed by atoms with E-state index in [9.17, 15) is 18.0 Å². The van der Waals surface area contributed by atoms with Crippen molar-refractivity contribution in [2.24, 2.45) is 0 Å². The smallest absolute Gasteiger partial charge is 0.417 e. The van der Waals surface area contributed by atoms with E-state index in [1.54, 1.807) is 49.4 Å². The number of halogens is 4. The van der Waals surface area contributed by atoms with Crippen LogP contribution >= 0.6 is 11.6 Å². The zero-order chi connectivity index (χ0) is 24.6. The Kier molecular flexibility index (Phi) is 6.22. The van der Waals surface area contributed by atoms with Crippen LogP contribution in [-0.2, 0) is 17.5 Å². The van der Waals surface area contributed by atoms with Crippen molar-refractivity contribution >= 4 is 28.6 Å². The average molecular weight is 490 g/mol. The number of ether oxygens (including phenoxy) is 2. The second-order valence-corrected chi connectivity index (χ2v) is 7.97. The summed E-state index contributed by atoms with van der Waals surface area (Å²) >= 11 is 6.22. The van der Waals surface area contributed by atoms with Crippen LogP contribution in [0.15, 0.2) is 48.5 Å². The molecule has 0 atom stereocenters. The Morgan fingerprint density at radius 2 is 1.82 bits per heavy atom. The largest absolute Gasteiger partial charge is 0.473 e. The van der Waals surface area contributed by atoms with Crippen LogP contribution in [0.25, 0.3) is 16.7 Å². The Labute approximate surface area is 197 Å². The summed E-state index contributed by atoms with van der Waals surface area (Å²) in [7, 11) is 1.27. The van der Waals surface area contributed by atoms with Gasteiger partial charge in [-0.1, -0.05) is 29.8 Å². The minimum absolute atomic E-state index is 0.00808. The maximum Gasteiger partial charge on any atom is 0.417 e. The number of carbonyl (C=O) groups is 1. The van der Waals surface area contributed by atoms with Gasteiger partial charge < -0.3 is 9.47 Å². The number of hydrogen-bond donors (Lipinski definition) is 0. The lowest BCUT2D eigenvalue weighted by Crippen LogP contribution is -2.09. The highest BCUT2D eigenvalue weighted by Gasteiger charge is 2.36. The molecule has 0 fully saturated rings. The van der Waals surface area contributed by atoms with Crippen LogP contribution in [0.3, 0.4) is 0 Å². The Bertz CT molecular complexity index is 1380. The Hall–Kier alpha value is -3.59. The minimum atomic E-state index is -4.65. The van der Waals surface area contributed by atoms with Crippen molar-refractivity contribution in [3.8, 4) is 11.6 Å². The monoisotopic (exact) mass is 489 g/mol. The average Bonchev–Trinajstić information content (AvgIpc) is 3.14. The number of pyridine rings is 1. The number of aromatic nitrogens is 3. The molecule has 0 amide bonds. The van der Waals surface area contributed by atoms with Gasteiger partial charge in [0.05, 0.1) is 35.0 Å². The van der Waals surface area contributed by atoms with Gasteiger partial charge in [0.1, 0.15) is 6.61 Å². The fourth-order valence-electron chi connectivity index (χ4n) is 3.57. The zero-order valence-electron chi connectivity index (χ0n) is 18.4. The summed E-state index contributed by atoms with van der Waals surface area (Å²) in [4.78, 5) is 15.9. The first-order chi connectivity index (χ1) is 16.1. The second kappa shape index (κ2) is 8.98. The molecule has 4 aromatic rings. The van der Waals surface area contributed by atoms with Gasteiger partial charge in [-0.2, -0.15) is 23.3 Å². The molecule has 0 bridgehead atoms. The highest BCUT2D eigenvalue weighted by atomic mass is 35.5. The molecule has 0 saturated heterocycles. The molecule has 2 heterocycles. The molecule has 2 aromatic carbocycles. The van der Waals surface area contributed by atoms with Gasteiger partial charge in [0, 0.05) is 11.1 Å². The number of hydrogen-bond acceptors (Lipinski definition) is 5. The molecule has 176 valence electrons. The molecule has 0 aliphatic heterocycles. The van der Waals surface area contributed by atoms with Gasteiger partial charge in [0.25, 0.3) is 0 Å².